The summed E-state index contributed by atoms with van der Waals surface area (Å²) in [6.45, 7) is 9.45. The first-order chi connectivity index (χ1) is 18.9. The smallest absolute Gasteiger partial charge is 0.343 e. The Morgan fingerprint density at radius 1 is 0.974 bits per heavy atom. The van der Waals surface area contributed by atoms with Gasteiger partial charge in [-0.2, -0.15) is 0 Å². The van der Waals surface area contributed by atoms with E-state index in [4.69, 9.17) is 23.7 Å². The van der Waals surface area contributed by atoms with Crippen molar-refractivity contribution in [1.82, 2.24) is 0 Å². The van der Waals surface area contributed by atoms with Crippen LogP contribution < -0.4 is 9.47 Å². The van der Waals surface area contributed by atoms with E-state index in [1.54, 1.807) is 36.4 Å². The van der Waals surface area contributed by atoms with Gasteiger partial charge >= 0.3 is 11.9 Å². The highest BCUT2D eigenvalue weighted by atomic mass is 16.5. The standard InChI is InChI=1S/C31H40O8/c1-4-31(21-36-22-31)20-35-14-7-5-6-8-15-38-28-12-10-26(17-23(28)2)30(34)39-29-11-9-25(18-27(29)19-32)13-16-37-24(3)33/h9-12,17-19H,4-8,13-16,20-22H2,1-3H3. The summed E-state index contributed by atoms with van der Waals surface area (Å²) in [4.78, 5) is 35.2. The van der Waals surface area contributed by atoms with Crippen LogP contribution in [0.5, 0.6) is 11.5 Å². The van der Waals surface area contributed by atoms with Gasteiger partial charge < -0.3 is 23.7 Å². The average Bonchev–Trinajstić information content (AvgIpc) is 2.90. The van der Waals surface area contributed by atoms with Gasteiger partial charge in [0, 0.05) is 25.4 Å². The normalized spacial score (nSPS) is 13.8. The molecule has 2 aromatic carbocycles. The lowest BCUT2D eigenvalue weighted by Gasteiger charge is -2.40. The second kappa shape index (κ2) is 15.4. The zero-order valence-corrected chi connectivity index (χ0v) is 23.3. The maximum absolute atomic E-state index is 12.7. The molecule has 1 saturated heterocycles. The Kier molecular flexibility index (Phi) is 12.0. The van der Waals surface area contributed by atoms with Crippen molar-refractivity contribution in [2.75, 3.05) is 39.6 Å². The Morgan fingerprint density at radius 2 is 1.72 bits per heavy atom. The largest absolute Gasteiger partial charge is 0.493 e. The molecule has 1 heterocycles. The first-order valence-electron chi connectivity index (χ1n) is 13.7. The Hall–Kier alpha value is -3.23. The van der Waals surface area contributed by atoms with Crippen molar-refractivity contribution in [1.29, 1.82) is 0 Å². The summed E-state index contributed by atoms with van der Waals surface area (Å²) >= 11 is 0. The fourth-order valence-corrected chi connectivity index (χ4v) is 4.26. The van der Waals surface area contributed by atoms with E-state index in [0.29, 0.717) is 24.9 Å². The summed E-state index contributed by atoms with van der Waals surface area (Å²) < 4.78 is 27.5. The maximum Gasteiger partial charge on any atom is 0.343 e. The molecule has 0 spiro atoms. The summed E-state index contributed by atoms with van der Waals surface area (Å²) in [6.07, 6.45) is 6.34. The number of aryl methyl sites for hydroxylation is 1. The predicted molar refractivity (Wildman–Crippen MR) is 147 cm³/mol. The first-order valence-corrected chi connectivity index (χ1v) is 13.7. The Bertz CT molecular complexity index is 1100. The zero-order valence-electron chi connectivity index (χ0n) is 23.3. The molecule has 0 aliphatic carbocycles. The molecule has 0 N–H and O–H groups in total. The van der Waals surface area contributed by atoms with E-state index < -0.39 is 5.97 Å². The molecule has 1 aliphatic heterocycles. The molecule has 2 aromatic rings. The van der Waals surface area contributed by atoms with Gasteiger partial charge in [0.25, 0.3) is 0 Å². The monoisotopic (exact) mass is 540 g/mol. The Labute approximate surface area is 230 Å². The molecular weight excluding hydrogens is 500 g/mol. The van der Waals surface area contributed by atoms with Crippen LogP contribution in [0.1, 0.15) is 77.8 Å². The van der Waals surface area contributed by atoms with E-state index in [9.17, 15) is 14.4 Å². The van der Waals surface area contributed by atoms with Crippen molar-refractivity contribution in [2.24, 2.45) is 5.41 Å². The molecule has 3 rings (SSSR count). The molecule has 39 heavy (non-hydrogen) atoms. The highest BCUT2D eigenvalue weighted by molar-refractivity contribution is 5.93. The third-order valence-electron chi connectivity index (χ3n) is 6.93. The predicted octanol–water partition coefficient (Wildman–Crippen LogP) is 5.51. The fourth-order valence-electron chi connectivity index (χ4n) is 4.26. The third-order valence-corrected chi connectivity index (χ3v) is 6.93. The Morgan fingerprint density at radius 3 is 2.36 bits per heavy atom. The van der Waals surface area contributed by atoms with Gasteiger partial charge in [0.2, 0.25) is 0 Å². The van der Waals surface area contributed by atoms with Crippen LogP contribution in [0.2, 0.25) is 0 Å². The van der Waals surface area contributed by atoms with Crippen LogP contribution in [0, 0.1) is 12.3 Å². The van der Waals surface area contributed by atoms with Crippen LogP contribution in [0.4, 0.5) is 0 Å². The zero-order chi connectivity index (χ0) is 28.1. The van der Waals surface area contributed by atoms with E-state index in [2.05, 4.69) is 6.92 Å². The van der Waals surface area contributed by atoms with Crippen molar-refractivity contribution < 1.29 is 38.1 Å². The SMILES string of the molecule is CCC1(COCCCCCCOc2ccc(C(=O)Oc3ccc(CCOC(C)=O)cc3C=O)cc2C)COC1. The second-order valence-electron chi connectivity index (χ2n) is 10.1. The molecule has 0 radical (unpaired) electrons. The molecule has 0 amide bonds. The minimum atomic E-state index is -0.558. The van der Waals surface area contributed by atoms with Gasteiger partial charge in [0.15, 0.2) is 6.29 Å². The molecule has 0 saturated carbocycles. The molecule has 0 aromatic heterocycles. The number of unbranched alkanes of at least 4 members (excludes halogenated alkanes) is 3. The number of esters is 2. The highest BCUT2D eigenvalue weighted by Crippen LogP contribution is 2.31. The van der Waals surface area contributed by atoms with Crippen LogP contribution in [-0.4, -0.2) is 57.9 Å². The summed E-state index contributed by atoms with van der Waals surface area (Å²) in [5, 5.41) is 0. The van der Waals surface area contributed by atoms with Crippen LogP contribution in [-0.2, 0) is 25.4 Å². The van der Waals surface area contributed by atoms with Crippen molar-refractivity contribution in [3.05, 3.63) is 58.7 Å². The molecular formula is C31H40O8. The van der Waals surface area contributed by atoms with Crippen molar-refractivity contribution >= 4 is 18.2 Å². The van der Waals surface area contributed by atoms with E-state index in [1.165, 1.54) is 6.92 Å². The summed E-state index contributed by atoms with van der Waals surface area (Å²) in [5.41, 5.74) is 2.50. The highest BCUT2D eigenvalue weighted by Gasteiger charge is 2.36. The molecule has 8 heteroatoms. The first kappa shape index (κ1) is 30.3. The lowest BCUT2D eigenvalue weighted by atomic mass is 9.84. The number of benzene rings is 2. The topological polar surface area (TPSA) is 97.4 Å². The third kappa shape index (κ3) is 9.48. The number of aldehydes is 1. The number of hydrogen-bond donors (Lipinski definition) is 0. The van der Waals surface area contributed by atoms with Gasteiger partial charge in [-0.1, -0.05) is 19.4 Å². The van der Waals surface area contributed by atoms with E-state index in [-0.39, 0.29) is 29.3 Å². The fraction of sp³-hybridized carbons (Fsp3) is 0.516. The van der Waals surface area contributed by atoms with Gasteiger partial charge in [-0.05, 0) is 74.1 Å². The molecule has 0 unspecified atom stereocenters. The van der Waals surface area contributed by atoms with Gasteiger partial charge in [-0.15, -0.1) is 0 Å². The molecule has 8 nitrogen and oxygen atoms in total. The van der Waals surface area contributed by atoms with Crippen LogP contribution in [0.3, 0.4) is 0 Å². The average molecular weight is 541 g/mol. The van der Waals surface area contributed by atoms with E-state index in [0.717, 1.165) is 75.4 Å². The summed E-state index contributed by atoms with van der Waals surface area (Å²) in [7, 11) is 0. The van der Waals surface area contributed by atoms with Gasteiger partial charge in [-0.25, -0.2) is 4.79 Å². The van der Waals surface area contributed by atoms with Crippen LogP contribution >= 0.6 is 0 Å². The number of ether oxygens (including phenoxy) is 5. The second-order valence-corrected chi connectivity index (χ2v) is 10.1. The van der Waals surface area contributed by atoms with E-state index in [1.807, 2.05) is 6.92 Å². The van der Waals surface area contributed by atoms with Crippen molar-refractivity contribution in [3.63, 3.8) is 0 Å². The lowest BCUT2D eigenvalue weighted by Crippen LogP contribution is -2.45. The lowest BCUT2D eigenvalue weighted by molar-refractivity contribution is -0.150. The molecule has 212 valence electrons. The number of carbonyl (C=O) groups is 3. The quantitative estimate of drug-likeness (QED) is 0.112. The maximum atomic E-state index is 12.7. The molecule has 0 bridgehead atoms. The van der Waals surface area contributed by atoms with Crippen LogP contribution in [0.15, 0.2) is 36.4 Å². The molecule has 0 atom stereocenters. The molecule has 1 aliphatic rings. The number of hydrogen-bond acceptors (Lipinski definition) is 8. The number of rotatable bonds is 17. The summed E-state index contributed by atoms with van der Waals surface area (Å²) in [5.74, 6) is -0.0120. The number of carbonyl (C=O) groups excluding carboxylic acids is 3. The minimum absolute atomic E-state index is 0.177. The minimum Gasteiger partial charge on any atom is -0.493 e. The molecule has 1 fully saturated rings. The van der Waals surface area contributed by atoms with Crippen molar-refractivity contribution in [2.45, 2.75) is 59.3 Å². The van der Waals surface area contributed by atoms with E-state index >= 15 is 0 Å². The summed E-state index contributed by atoms with van der Waals surface area (Å²) in [6, 6.07) is 10.1. The van der Waals surface area contributed by atoms with Gasteiger partial charge in [0.05, 0.1) is 44.2 Å². The van der Waals surface area contributed by atoms with Gasteiger partial charge in [0.1, 0.15) is 11.5 Å². The van der Waals surface area contributed by atoms with Gasteiger partial charge in [-0.3, -0.25) is 9.59 Å². The van der Waals surface area contributed by atoms with Crippen molar-refractivity contribution in [3.8, 4) is 11.5 Å². The Balaban J connectivity index is 1.38. The van der Waals surface area contributed by atoms with Crippen LogP contribution in [0.25, 0.3) is 0 Å².